The van der Waals surface area contributed by atoms with Crippen LogP contribution >= 0.6 is 15.9 Å². The van der Waals surface area contributed by atoms with E-state index in [2.05, 4.69) is 31.5 Å². The number of benzene rings is 2. The van der Waals surface area contributed by atoms with E-state index in [1.807, 2.05) is 24.3 Å². The van der Waals surface area contributed by atoms with Gasteiger partial charge in [-0.1, -0.05) is 34.1 Å². The molecule has 2 N–H and O–H groups in total. The Kier molecular flexibility index (Phi) is 5.67. The van der Waals surface area contributed by atoms with Crippen LogP contribution in [0.3, 0.4) is 0 Å². The van der Waals surface area contributed by atoms with Crippen LogP contribution in [0.4, 0.5) is 17.1 Å². The molecule has 0 aliphatic carbocycles. The second kappa shape index (κ2) is 8.13. The van der Waals surface area contributed by atoms with Crippen molar-refractivity contribution in [2.24, 2.45) is 0 Å². The van der Waals surface area contributed by atoms with Gasteiger partial charge < -0.3 is 20.3 Å². The van der Waals surface area contributed by atoms with Crippen LogP contribution in [0, 0.1) is 0 Å². The standard InChI is InChI=1S/C18H18BrN3O3/c19-13-4-3-5-14(12-13)20-17(23)18(24)21-15-6-1-2-7-16(15)22-8-10-25-11-9-22/h1-7,12H,8-11H2,(H,20,23)(H,21,24). The van der Waals surface area contributed by atoms with Crippen LogP contribution in [0.2, 0.25) is 0 Å². The Balaban J connectivity index is 1.69. The average molecular weight is 404 g/mol. The Morgan fingerprint density at radius 1 is 0.960 bits per heavy atom. The Morgan fingerprint density at radius 3 is 2.44 bits per heavy atom. The first kappa shape index (κ1) is 17.4. The van der Waals surface area contributed by atoms with E-state index in [-0.39, 0.29) is 0 Å². The number of hydrogen-bond acceptors (Lipinski definition) is 4. The summed E-state index contributed by atoms with van der Waals surface area (Å²) >= 11 is 3.33. The van der Waals surface area contributed by atoms with Gasteiger partial charge in [0.15, 0.2) is 0 Å². The zero-order valence-electron chi connectivity index (χ0n) is 13.5. The van der Waals surface area contributed by atoms with Crippen LogP contribution in [-0.4, -0.2) is 38.1 Å². The number of anilines is 3. The Bertz CT molecular complexity index is 776. The Morgan fingerprint density at radius 2 is 1.68 bits per heavy atom. The summed E-state index contributed by atoms with van der Waals surface area (Å²) in [6.45, 7) is 2.78. The van der Waals surface area contributed by atoms with Crippen molar-refractivity contribution in [3.8, 4) is 0 Å². The number of ether oxygens (including phenoxy) is 1. The summed E-state index contributed by atoms with van der Waals surface area (Å²) in [7, 11) is 0. The third-order valence-corrected chi connectivity index (χ3v) is 4.29. The van der Waals surface area contributed by atoms with Crippen molar-refractivity contribution in [3.05, 3.63) is 53.0 Å². The zero-order valence-corrected chi connectivity index (χ0v) is 15.1. The number of rotatable bonds is 3. The van der Waals surface area contributed by atoms with Gasteiger partial charge in [0.25, 0.3) is 0 Å². The topological polar surface area (TPSA) is 70.7 Å². The van der Waals surface area contributed by atoms with Crippen LogP contribution < -0.4 is 15.5 Å². The molecule has 2 amide bonds. The van der Waals surface area contributed by atoms with Crippen LogP contribution in [-0.2, 0) is 14.3 Å². The highest BCUT2D eigenvalue weighted by atomic mass is 79.9. The van der Waals surface area contributed by atoms with Gasteiger partial charge in [0.2, 0.25) is 0 Å². The van der Waals surface area contributed by atoms with Crippen molar-refractivity contribution in [2.75, 3.05) is 41.8 Å². The van der Waals surface area contributed by atoms with Gasteiger partial charge in [0.05, 0.1) is 24.6 Å². The van der Waals surface area contributed by atoms with Gasteiger partial charge in [0, 0.05) is 23.2 Å². The number of morpholine rings is 1. The number of carbonyl (C=O) groups excluding carboxylic acids is 2. The lowest BCUT2D eigenvalue weighted by molar-refractivity contribution is -0.132. The first-order valence-corrected chi connectivity index (χ1v) is 8.72. The fraction of sp³-hybridized carbons (Fsp3) is 0.222. The molecule has 1 fully saturated rings. The molecule has 7 heteroatoms. The van der Waals surface area contributed by atoms with E-state index < -0.39 is 11.8 Å². The molecular weight excluding hydrogens is 386 g/mol. The van der Waals surface area contributed by atoms with Crippen LogP contribution in [0.25, 0.3) is 0 Å². The van der Waals surface area contributed by atoms with Crippen molar-refractivity contribution in [2.45, 2.75) is 0 Å². The minimum absolute atomic E-state index is 0.552. The number of nitrogens with one attached hydrogen (secondary N) is 2. The van der Waals surface area contributed by atoms with Gasteiger partial charge in [-0.3, -0.25) is 9.59 Å². The number of nitrogens with zero attached hydrogens (tertiary/aromatic N) is 1. The molecule has 0 bridgehead atoms. The number of para-hydroxylation sites is 2. The fourth-order valence-corrected chi connectivity index (χ4v) is 2.99. The van der Waals surface area contributed by atoms with E-state index >= 15 is 0 Å². The predicted molar refractivity (Wildman–Crippen MR) is 101 cm³/mol. The van der Waals surface area contributed by atoms with Crippen LogP contribution in [0.5, 0.6) is 0 Å². The van der Waals surface area contributed by atoms with Gasteiger partial charge in [-0.15, -0.1) is 0 Å². The Hall–Kier alpha value is -2.38. The first-order chi connectivity index (χ1) is 12.1. The summed E-state index contributed by atoms with van der Waals surface area (Å²) in [5, 5.41) is 5.28. The molecular formula is C18H18BrN3O3. The van der Waals surface area contributed by atoms with E-state index in [4.69, 9.17) is 4.74 Å². The number of hydrogen-bond donors (Lipinski definition) is 2. The molecule has 0 radical (unpaired) electrons. The van der Waals surface area contributed by atoms with E-state index in [0.29, 0.717) is 24.6 Å². The second-order valence-corrected chi connectivity index (χ2v) is 6.45. The van der Waals surface area contributed by atoms with Crippen molar-refractivity contribution in [1.82, 2.24) is 0 Å². The maximum atomic E-state index is 12.3. The maximum absolute atomic E-state index is 12.3. The van der Waals surface area contributed by atoms with E-state index in [1.165, 1.54) is 0 Å². The lowest BCUT2D eigenvalue weighted by atomic mass is 10.2. The molecule has 0 saturated carbocycles. The highest BCUT2D eigenvalue weighted by molar-refractivity contribution is 9.10. The molecule has 0 unspecified atom stereocenters. The highest BCUT2D eigenvalue weighted by Crippen LogP contribution is 2.26. The SMILES string of the molecule is O=C(Nc1cccc(Br)c1)C(=O)Nc1ccccc1N1CCOCC1. The second-order valence-electron chi connectivity index (χ2n) is 5.54. The maximum Gasteiger partial charge on any atom is 0.314 e. The largest absolute Gasteiger partial charge is 0.378 e. The van der Waals surface area contributed by atoms with E-state index in [9.17, 15) is 9.59 Å². The third kappa shape index (κ3) is 4.58. The van der Waals surface area contributed by atoms with Gasteiger partial charge in [-0.05, 0) is 30.3 Å². The number of carbonyl (C=O) groups is 2. The molecule has 1 aliphatic rings. The van der Waals surface area contributed by atoms with Crippen molar-refractivity contribution >= 4 is 44.8 Å². The fourth-order valence-electron chi connectivity index (χ4n) is 2.59. The molecule has 1 aliphatic heterocycles. The minimum Gasteiger partial charge on any atom is -0.378 e. The lowest BCUT2D eigenvalue weighted by Gasteiger charge is -2.30. The molecule has 0 aromatic heterocycles. The van der Waals surface area contributed by atoms with Crippen molar-refractivity contribution in [3.63, 3.8) is 0 Å². The average Bonchev–Trinajstić information content (AvgIpc) is 2.63. The monoisotopic (exact) mass is 403 g/mol. The summed E-state index contributed by atoms with van der Waals surface area (Å²) < 4.78 is 6.18. The summed E-state index contributed by atoms with van der Waals surface area (Å²) in [5.41, 5.74) is 2.05. The summed E-state index contributed by atoms with van der Waals surface area (Å²) in [6.07, 6.45) is 0. The lowest BCUT2D eigenvalue weighted by Crippen LogP contribution is -2.37. The van der Waals surface area contributed by atoms with E-state index in [0.717, 1.165) is 23.2 Å². The van der Waals surface area contributed by atoms with Crippen molar-refractivity contribution < 1.29 is 14.3 Å². The molecule has 6 nitrogen and oxygen atoms in total. The summed E-state index contributed by atoms with van der Waals surface area (Å²) in [6, 6.07) is 14.5. The third-order valence-electron chi connectivity index (χ3n) is 3.79. The normalized spacial score (nSPS) is 14.0. The Labute approximate surface area is 154 Å². The zero-order chi connectivity index (χ0) is 17.6. The minimum atomic E-state index is -0.713. The number of halogens is 1. The molecule has 1 heterocycles. The van der Waals surface area contributed by atoms with Gasteiger partial charge in [-0.25, -0.2) is 0 Å². The molecule has 25 heavy (non-hydrogen) atoms. The molecule has 2 aromatic carbocycles. The van der Waals surface area contributed by atoms with Gasteiger partial charge in [0.1, 0.15) is 0 Å². The van der Waals surface area contributed by atoms with E-state index in [1.54, 1.807) is 24.3 Å². The smallest absolute Gasteiger partial charge is 0.314 e. The quantitative estimate of drug-likeness (QED) is 0.772. The first-order valence-electron chi connectivity index (χ1n) is 7.93. The molecule has 2 aromatic rings. The van der Waals surface area contributed by atoms with Crippen LogP contribution in [0.15, 0.2) is 53.0 Å². The number of amides is 2. The summed E-state index contributed by atoms with van der Waals surface area (Å²) in [4.78, 5) is 26.5. The molecule has 1 saturated heterocycles. The molecule has 130 valence electrons. The molecule has 0 spiro atoms. The highest BCUT2D eigenvalue weighted by Gasteiger charge is 2.19. The van der Waals surface area contributed by atoms with Crippen LogP contribution in [0.1, 0.15) is 0 Å². The molecule has 0 atom stereocenters. The summed E-state index contributed by atoms with van der Waals surface area (Å²) in [5.74, 6) is -1.42. The molecule has 3 rings (SSSR count). The van der Waals surface area contributed by atoms with Gasteiger partial charge >= 0.3 is 11.8 Å². The van der Waals surface area contributed by atoms with Gasteiger partial charge in [-0.2, -0.15) is 0 Å². The predicted octanol–water partition coefficient (Wildman–Crippen LogP) is 2.86. The van der Waals surface area contributed by atoms with Crippen molar-refractivity contribution in [1.29, 1.82) is 0 Å².